The van der Waals surface area contributed by atoms with Crippen LogP contribution in [-0.2, 0) is 0 Å². The average Bonchev–Trinajstić information content (AvgIpc) is 2.91. The number of nitrogens with zero attached hydrogens (tertiary/aromatic N) is 2. The van der Waals surface area contributed by atoms with Crippen molar-refractivity contribution in [2.75, 3.05) is 0 Å². The van der Waals surface area contributed by atoms with Crippen LogP contribution in [0, 0.1) is 10.1 Å². The number of carbonyl (C=O) groups excluding carboxylic acids is 1. The van der Waals surface area contributed by atoms with Gasteiger partial charge in [-0.15, -0.1) is 11.3 Å². The molecule has 0 amide bonds. The van der Waals surface area contributed by atoms with Crippen LogP contribution in [-0.4, -0.2) is 25.9 Å². The van der Waals surface area contributed by atoms with Gasteiger partial charge < -0.3 is 10.2 Å². The molecule has 0 atom stereocenters. The normalized spacial score (nSPS) is 10.8. The molecule has 2 rings (SSSR count). The Labute approximate surface area is 116 Å². The summed E-state index contributed by atoms with van der Waals surface area (Å²) < 4.78 is 0. The van der Waals surface area contributed by atoms with Crippen LogP contribution < -0.4 is 0 Å². The summed E-state index contributed by atoms with van der Waals surface area (Å²) in [5.74, 6) is -2.13. The smallest absolute Gasteiger partial charge is 0.315 e. The molecule has 0 saturated heterocycles. The molecule has 102 valence electrons. The number of benzene rings is 1. The van der Waals surface area contributed by atoms with E-state index in [-0.39, 0.29) is 5.56 Å². The first-order valence-corrected chi connectivity index (χ1v) is 6.19. The number of nitro benzene ring substituents is 1. The van der Waals surface area contributed by atoms with E-state index in [4.69, 9.17) is 0 Å². The Balaban J connectivity index is 2.33. The van der Waals surface area contributed by atoms with Crippen molar-refractivity contribution in [1.29, 1.82) is 0 Å². The van der Waals surface area contributed by atoms with Crippen LogP contribution in [0.2, 0.25) is 0 Å². The molecule has 8 heteroatoms. The SMILES string of the molecule is O=C(/C=C/c1nccs1)c1cc(O)c(O)c([N+](=O)[O-])c1. The second kappa shape index (κ2) is 5.49. The zero-order chi connectivity index (χ0) is 14.7. The van der Waals surface area contributed by atoms with Crippen molar-refractivity contribution in [1.82, 2.24) is 4.98 Å². The molecule has 0 bridgehead atoms. The summed E-state index contributed by atoms with van der Waals surface area (Å²) in [4.78, 5) is 25.6. The molecular weight excluding hydrogens is 284 g/mol. The molecule has 0 fully saturated rings. The minimum absolute atomic E-state index is 0.0974. The molecule has 1 aromatic carbocycles. The van der Waals surface area contributed by atoms with Gasteiger partial charge in [0.15, 0.2) is 11.5 Å². The van der Waals surface area contributed by atoms with E-state index in [1.165, 1.54) is 23.5 Å². The molecule has 0 saturated carbocycles. The van der Waals surface area contributed by atoms with Gasteiger partial charge in [0, 0.05) is 23.2 Å². The summed E-state index contributed by atoms with van der Waals surface area (Å²) in [5, 5.41) is 31.7. The van der Waals surface area contributed by atoms with Gasteiger partial charge in [-0.2, -0.15) is 0 Å². The third-order valence-electron chi connectivity index (χ3n) is 2.38. The fourth-order valence-electron chi connectivity index (χ4n) is 1.45. The topological polar surface area (TPSA) is 114 Å². The first kappa shape index (κ1) is 13.7. The fraction of sp³-hybridized carbons (Fsp3) is 0. The highest BCUT2D eigenvalue weighted by molar-refractivity contribution is 7.10. The number of aromatic hydroxyl groups is 2. The Hall–Kier alpha value is -2.74. The molecule has 0 radical (unpaired) electrons. The van der Waals surface area contributed by atoms with Crippen LogP contribution in [0.1, 0.15) is 15.4 Å². The zero-order valence-corrected chi connectivity index (χ0v) is 10.7. The van der Waals surface area contributed by atoms with Crippen LogP contribution in [0.15, 0.2) is 29.8 Å². The van der Waals surface area contributed by atoms with Gasteiger partial charge >= 0.3 is 5.69 Å². The summed E-state index contributed by atoms with van der Waals surface area (Å²) >= 11 is 1.33. The maximum atomic E-state index is 11.9. The highest BCUT2D eigenvalue weighted by Crippen LogP contribution is 2.36. The van der Waals surface area contributed by atoms with E-state index < -0.39 is 27.9 Å². The van der Waals surface area contributed by atoms with Gasteiger partial charge in [0.2, 0.25) is 5.75 Å². The summed E-state index contributed by atoms with van der Waals surface area (Å²) in [6.07, 6.45) is 4.23. The molecule has 0 aliphatic carbocycles. The number of phenols is 2. The van der Waals surface area contributed by atoms with Crippen molar-refractivity contribution in [3.05, 3.63) is 50.5 Å². The van der Waals surface area contributed by atoms with Gasteiger partial charge in [0.1, 0.15) is 5.01 Å². The molecule has 0 spiro atoms. The first-order chi connectivity index (χ1) is 9.49. The highest BCUT2D eigenvalue weighted by Gasteiger charge is 2.20. The lowest BCUT2D eigenvalue weighted by molar-refractivity contribution is -0.386. The lowest BCUT2D eigenvalue weighted by atomic mass is 10.1. The van der Waals surface area contributed by atoms with E-state index in [1.54, 1.807) is 11.6 Å². The maximum absolute atomic E-state index is 11.9. The number of rotatable bonds is 4. The van der Waals surface area contributed by atoms with Crippen LogP contribution in [0.4, 0.5) is 5.69 Å². The Morgan fingerprint density at radius 1 is 1.40 bits per heavy atom. The third-order valence-corrected chi connectivity index (χ3v) is 3.12. The number of hydrogen-bond donors (Lipinski definition) is 2. The molecule has 20 heavy (non-hydrogen) atoms. The first-order valence-electron chi connectivity index (χ1n) is 5.31. The summed E-state index contributed by atoms with van der Waals surface area (Å²) in [5.41, 5.74) is -0.823. The minimum Gasteiger partial charge on any atom is -0.504 e. The second-order valence-electron chi connectivity index (χ2n) is 3.69. The molecule has 0 aliphatic rings. The van der Waals surface area contributed by atoms with Crippen LogP contribution in [0.25, 0.3) is 6.08 Å². The lowest BCUT2D eigenvalue weighted by Crippen LogP contribution is -1.97. The Morgan fingerprint density at radius 3 is 2.75 bits per heavy atom. The van der Waals surface area contributed by atoms with E-state index in [9.17, 15) is 25.1 Å². The quantitative estimate of drug-likeness (QED) is 0.294. The predicted octanol–water partition coefficient (Wildman–Crippen LogP) is 2.36. The van der Waals surface area contributed by atoms with Gasteiger partial charge in [-0.05, 0) is 18.2 Å². The van der Waals surface area contributed by atoms with Crippen molar-refractivity contribution in [3.8, 4) is 11.5 Å². The average molecular weight is 292 g/mol. The van der Waals surface area contributed by atoms with Gasteiger partial charge in [-0.3, -0.25) is 14.9 Å². The number of carbonyl (C=O) groups is 1. The van der Waals surface area contributed by atoms with Gasteiger partial charge in [0.05, 0.1) is 4.92 Å². The van der Waals surface area contributed by atoms with Crippen LogP contribution >= 0.6 is 11.3 Å². The molecule has 2 aromatic rings. The number of nitro groups is 1. The summed E-state index contributed by atoms with van der Waals surface area (Å²) in [7, 11) is 0. The Kier molecular flexibility index (Phi) is 3.76. The molecular formula is C12H8N2O5S. The fourth-order valence-corrected chi connectivity index (χ4v) is 1.98. The summed E-state index contributed by atoms with van der Waals surface area (Å²) in [6, 6.07) is 1.88. The van der Waals surface area contributed by atoms with Crippen molar-refractivity contribution >= 4 is 28.9 Å². The number of thiazole rings is 1. The van der Waals surface area contributed by atoms with Gasteiger partial charge in [-0.25, -0.2) is 4.98 Å². The van der Waals surface area contributed by atoms with E-state index in [0.29, 0.717) is 5.01 Å². The number of hydrogen-bond acceptors (Lipinski definition) is 7. The summed E-state index contributed by atoms with van der Waals surface area (Å²) in [6.45, 7) is 0. The number of allylic oxidation sites excluding steroid dienone is 1. The minimum atomic E-state index is -0.879. The monoisotopic (exact) mass is 292 g/mol. The van der Waals surface area contributed by atoms with Crippen molar-refractivity contribution in [2.24, 2.45) is 0 Å². The van der Waals surface area contributed by atoms with Gasteiger partial charge in [-0.1, -0.05) is 0 Å². The van der Waals surface area contributed by atoms with E-state index in [2.05, 4.69) is 4.98 Å². The van der Waals surface area contributed by atoms with Crippen molar-refractivity contribution in [2.45, 2.75) is 0 Å². The lowest BCUT2D eigenvalue weighted by Gasteiger charge is -2.01. The molecule has 0 aliphatic heterocycles. The second-order valence-corrected chi connectivity index (χ2v) is 4.61. The largest absolute Gasteiger partial charge is 0.504 e. The number of aromatic nitrogens is 1. The van der Waals surface area contributed by atoms with E-state index in [1.807, 2.05) is 0 Å². The van der Waals surface area contributed by atoms with Crippen LogP contribution in [0.5, 0.6) is 11.5 Å². The molecule has 1 heterocycles. The molecule has 1 aromatic heterocycles. The third kappa shape index (κ3) is 2.81. The molecule has 7 nitrogen and oxygen atoms in total. The maximum Gasteiger partial charge on any atom is 0.315 e. The number of phenolic OH excluding ortho intramolecular Hbond substituents is 2. The Morgan fingerprint density at radius 2 is 2.15 bits per heavy atom. The molecule has 2 N–H and O–H groups in total. The predicted molar refractivity (Wildman–Crippen MR) is 71.9 cm³/mol. The number of ketones is 1. The highest BCUT2D eigenvalue weighted by atomic mass is 32.1. The van der Waals surface area contributed by atoms with E-state index in [0.717, 1.165) is 12.1 Å². The molecule has 0 unspecified atom stereocenters. The van der Waals surface area contributed by atoms with Crippen molar-refractivity contribution in [3.63, 3.8) is 0 Å². The van der Waals surface area contributed by atoms with Gasteiger partial charge in [0.25, 0.3) is 0 Å². The van der Waals surface area contributed by atoms with Crippen LogP contribution in [0.3, 0.4) is 0 Å². The standard InChI is InChI=1S/C12H8N2O5S/c15-9(1-2-11-13-3-4-20-11)7-5-8(14(18)19)12(17)10(16)6-7/h1-6,16-17H/b2-1+. The zero-order valence-electron chi connectivity index (χ0n) is 9.89. The van der Waals surface area contributed by atoms with E-state index >= 15 is 0 Å². The van der Waals surface area contributed by atoms with Crippen molar-refractivity contribution < 1.29 is 19.9 Å². The Bertz CT molecular complexity index is 694.